The molecule has 1 atom stereocenters. The number of rotatable bonds is 9. The molecule has 0 heterocycles. The van der Waals surface area contributed by atoms with Crippen LogP contribution in [-0.2, 0) is 9.47 Å². The molecule has 0 aliphatic heterocycles. The van der Waals surface area contributed by atoms with Gasteiger partial charge in [-0.3, -0.25) is 4.90 Å². The Morgan fingerprint density at radius 2 is 1.61 bits per heavy atom. The number of nitrogens with two attached hydrogens (primary N) is 1. The number of hydrogen-bond donors (Lipinski definition) is 1. The molecule has 2 N–H and O–H groups in total. The first-order valence-electron chi connectivity index (χ1n) is 6.28. The lowest BCUT2D eigenvalue weighted by atomic mass is 10.1. The number of ether oxygens (including phenoxy) is 2. The molecule has 18 heavy (non-hydrogen) atoms. The lowest BCUT2D eigenvalue weighted by Crippen LogP contribution is -2.36. The third-order valence-corrected chi connectivity index (χ3v) is 2.91. The van der Waals surface area contributed by atoms with Gasteiger partial charge in [-0.1, -0.05) is 30.3 Å². The van der Waals surface area contributed by atoms with Crippen LogP contribution in [0.15, 0.2) is 30.3 Å². The molecular formula is C14H24N2O2. The van der Waals surface area contributed by atoms with Gasteiger partial charge in [0.1, 0.15) is 0 Å². The Hall–Kier alpha value is -0.940. The molecule has 0 radical (unpaired) electrons. The molecule has 0 aliphatic carbocycles. The average molecular weight is 252 g/mol. The second kappa shape index (κ2) is 9.05. The van der Waals surface area contributed by atoms with Crippen LogP contribution < -0.4 is 5.73 Å². The Balaban J connectivity index is 2.47. The summed E-state index contributed by atoms with van der Waals surface area (Å²) in [5.74, 6) is 0. The first-order valence-corrected chi connectivity index (χ1v) is 6.28. The highest BCUT2D eigenvalue weighted by molar-refractivity contribution is 5.18. The van der Waals surface area contributed by atoms with Crippen molar-refractivity contribution < 1.29 is 9.47 Å². The molecular weight excluding hydrogens is 228 g/mol. The molecule has 4 heteroatoms. The molecule has 0 saturated carbocycles. The summed E-state index contributed by atoms with van der Waals surface area (Å²) < 4.78 is 10.2. The van der Waals surface area contributed by atoms with Crippen molar-refractivity contribution in [2.75, 3.05) is 47.1 Å². The molecule has 0 spiro atoms. The fourth-order valence-corrected chi connectivity index (χ4v) is 1.82. The molecule has 0 fully saturated rings. The summed E-state index contributed by atoms with van der Waals surface area (Å²) in [4.78, 5) is 2.27. The molecule has 1 aromatic carbocycles. The summed E-state index contributed by atoms with van der Waals surface area (Å²) in [6, 6.07) is 10.2. The minimum Gasteiger partial charge on any atom is -0.383 e. The summed E-state index contributed by atoms with van der Waals surface area (Å²) in [6.45, 7) is 3.99. The molecule has 0 aromatic heterocycles. The zero-order valence-electron chi connectivity index (χ0n) is 11.3. The van der Waals surface area contributed by atoms with Crippen molar-refractivity contribution in [1.29, 1.82) is 0 Å². The fraction of sp³-hybridized carbons (Fsp3) is 0.571. The quantitative estimate of drug-likeness (QED) is 0.719. The maximum atomic E-state index is 6.22. The van der Waals surface area contributed by atoms with Gasteiger partial charge in [0.2, 0.25) is 0 Å². The van der Waals surface area contributed by atoms with Gasteiger partial charge in [0.25, 0.3) is 0 Å². The lowest BCUT2D eigenvalue weighted by Gasteiger charge is -2.25. The standard InChI is InChI=1S/C14H24N2O2/c1-17-10-8-16(9-11-18-2)12-14(15)13-6-4-3-5-7-13/h3-7,14H,8-12,15H2,1-2H3. The summed E-state index contributed by atoms with van der Waals surface area (Å²) in [5.41, 5.74) is 7.38. The van der Waals surface area contributed by atoms with Crippen LogP contribution >= 0.6 is 0 Å². The molecule has 4 nitrogen and oxygen atoms in total. The SMILES string of the molecule is COCCN(CCOC)CC(N)c1ccccc1. The van der Waals surface area contributed by atoms with Crippen molar-refractivity contribution in [3.05, 3.63) is 35.9 Å². The number of benzene rings is 1. The van der Waals surface area contributed by atoms with Crippen molar-refractivity contribution >= 4 is 0 Å². The predicted octanol–water partition coefficient (Wildman–Crippen LogP) is 1.28. The van der Waals surface area contributed by atoms with Gasteiger partial charge in [-0.05, 0) is 5.56 Å². The molecule has 0 amide bonds. The fourth-order valence-electron chi connectivity index (χ4n) is 1.82. The van der Waals surface area contributed by atoms with Gasteiger partial charge >= 0.3 is 0 Å². The highest BCUT2D eigenvalue weighted by atomic mass is 16.5. The van der Waals surface area contributed by atoms with Crippen molar-refractivity contribution in [2.45, 2.75) is 6.04 Å². The second-order valence-corrected chi connectivity index (χ2v) is 4.30. The van der Waals surface area contributed by atoms with Crippen molar-refractivity contribution in [2.24, 2.45) is 5.73 Å². The van der Waals surface area contributed by atoms with E-state index < -0.39 is 0 Å². The minimum absolute atomic E-state index is 0.0277. The van der Waals surface area contributed by atoms with E-state index in [9.17, 15) is 0 Å². The number of nitrogens with zero attached hydrogens (tertiary/aromatic N) is 1. The Morgan fingerprint density at radius 1 is 1.06 bits per heavy atom. The third kappa shape index (κ3) is 5.60. The summed E-state index contributed by atoms with van der Waals surface area (Å²) >= 11 is 0. The maximum absolute atomic E-state index is 6.22. The van der Waals surface area contributed by atoms with Crippen molar-refractivity contribution in [1.82, 2.24) is 4.90 Å². The van der Waals surface area contributed by atoms with Crippen LogP contribution in [0.2, 0.25) is 0 Å². The monoisotopic (exact) mass is 252 g/mol. The second-order valence-electron chi connectivity index (χ2n) is 4.30. The summed E-state index contributed by atoms with van der Waals surface area (Å²) in [5, 5.41) is 0. The van der Waals surface area contributed by atoms with Gasteiger partial charge in [0.05, 0.1) is 13.2 Å². The molecule has 102 valence electrons. The van der Waals surface area contributed by atoms with E-state index in [4.69, 9.17) is 15.2 Å². The normalized spacial score (nSPS) is 12.9. The Bertz CT molecular complexity index is 298. The summed E-state index contributed by atoms with van der Waals surface area (Å²) in [7, 11) is 3.43. The Kier molecular flexibility index (Phi) is 7.60. The van der Waals surface area contributed by atoms with E-state index in [1.165, 1.54) is 0 Å². The van der Waals surface area contributed by atoms with Gasteiger partial charge < -0.3 is 15.2 Å². The molecule has 1 aromatic rings. The highest BCUT2D eigenvalue weighted by Gasteiger charge is 2.11. The van der Waals surface area contributed by atoms with Crippen LogP contribution in [0.3, 0.4) is 0 Å². The van der Waals surface area contributed by atoms with Gasteiger partial charge in [-0.25, -0.2) is 0 Å². The van der Waals surface area contributed by atoms with Gasteiger partial charge in [-0.15, -0.1) is 0 Å². The predicted molar refractivity (Wildman–Crippen MR) is 73.6 cm³/mol. The zero-order chi connectivity index (χ0) is 13.2. The Morgan fingerprint density at radius 3 is 2.11 bits per heavy atom. The van der Waals surface area contributed by atoms with Gasteiger partial charge in [0, 0.05) is 39.9 Å². The number of hydrogen-bond acceptors (Lipinski definition) is 4. The minimum atomic E-state index is 0.0277. The van der Waals surface area contributed by atoms with E-state index in [2.05, 4.69) is 17.0 Å². The van der Waals surface area contributed by atoms with E-state index in [1.807, 2.05) is 18.2 Å². The molecule has 0 aliphatic rings. The molecule has 1 rings (SSSR count). The van der Waals surface area contributed by atoms with Crippen LogP contribution in [0.1, 0.15) is 11.6 Å². The summed E-state index contributed by atoms with van der Waals surface area (Å²) in [6.07, 6.45) is 0. The van der Waals surface area contributed by atoms with E-state index in [0.29, 0.717) is 13.2 Å². The maximum Gasteiger partial charge on any atom is 0.0589 e. The van der Waals surface area contributed by atoms with E-state index in [-0.39, 0.29) is 6.04 Å². The van der Waals surface area contributed by atoms with Crippen LogP contribution in [0, 0.1) is 0 Å². The zero-order valence-corrected chi connectivity index (χ0v) is 11.3. The van der Waals surface area contributed by atoms with Crippen LogP contribution in [0.5, 0.6) is 0 Å². The smallest absolute Gasteiger partial charge is 0.0589 e. The van der Waals surface area contributed by atoms with E-state index in [0.717, 1.165) is 25.2 Å². The number of methoxy groups -OCH3 is 2. The Labute approximate surface area is 110 Å². The topological polar surface area (TPSA) is 47.7 Å². The first kappa shape index (κ1) is 15.1. The van der Waals surface area contributed by atoms with Crippen molar-refractivity contribution in [3.8, 4) is 0 Å². The largest absolute Gasteiger partial charge is 0.383 e. The third-order valence-electron chi connectivity index (χ3n) is 2.91. The van der Waals surface area contributed by atoms with Gasteiger partial charge in [-0.2, -0.15) is 0 Å². The van der Waals surface area contributed by atoms with Crippen LogP contribution in [0.4, 0.5) is 0 Å². The van der Waals surface area contributed by atoms with Crippen LogP contribution in [0.25, 0.3) is 0 Å². The molecule has 0 bridgehead atoms. The van der Waals surface area contributed by atoms with Gasteiger partial charge in [0.15, 0.2) is 0 Å². The first-order chi connectivity index (χ1) is 8.77. The van der Waals surface area contributed by atoms with E-state index in [1.54, 1.807) is 14.2 Å². The molecule has 1 unspecified atom stereocenters. The van der Waals surface area contributed by atoms with E-state index >= 15 is 0 Å². The highest BCUT2D eigenvalue weighted by Crippen LogP contribution is 2.10. The average Bonchev–Trinajstić information content (AvgIpc) is 2.42. The van der Waals surface area contributed by atoms with Crippen LogP contribution in [-0.4, -0.2) is 52.0 Å². The molecule has 0 saturated heterocycles. The van der Waals surface area contributed by atoms with Crippen molar-refractivity contribution in [3.63, 3.8) is 0 Å². The lowest BCUT2D eigenvalue weighted by molar-refractivity contribution is 0.110.